The van der Waals surface area contributed by atoms with Gasteiger partial charge >= 0.3 is 6.18 Å². The fraction of sp³-hybridized carbons (Fsp3) is 0.136. The molecule has 0 aliphatic heterocycles. The van der Waals surface area contributed by atoms with E-state index in [-0.39, 0.29) is 10.9 Å². The molecular formula is C22H15ClF3N3O3S. The minimum absolute atomic E-state index is 0.0940. The monoisotopic (exact) mass is 493 g/mol. The smallest absolute Gasteiger partial charge is 0.418 e. The lowest BCUT2D eigenvalue weighted by molar-refractivity contribution is -0.137. The molecule has 0 radical (unpaired) electrons. The van der Waals surface area contributed by atoms with E-state index in [1.165, 1.54) is 23.7 Å². The number of amides is 1. The van der Waals surface area contributed by atoms with Crippen LogP contribution in [0.1, 0.15) is 5.56 Å². The fourth-order valence-electron chi connectivity index (χ4n) is 3.12. The highest BCUT2D eigenvalue weighted by molar-refractivity contribution is 7.17. The number of anilines is 1. The number of halogens is 4. The Balaban J connectivity index is 1.56. The van der Waals surface area contributed by atoms with E-state index in [2.05, 4.69) is 15.3 Å². The summed E-state index contributed by atoms with van der Waals surface area (Å²) in [4.78, 5) is 21.3. The summed E-state index contributed by atoms with van der Waals surface area (Å²) in [6.45, 7) is -0.552. The van der Waals surface area contributed by atoms with Crippen LogP contribution in [0.5, 0.6) is 11.6 Å². The predicted molar refractivity (Wildman–Crippen MR) is 120 cm³/mol. The van der Waals surface area contributed by atoms with Crippen molar-refractivity contribution in [3.8, 4) is 22.8 Å². The Morgan fingerprint density at radius 2 is 1.91 bits per heavy atom. The normalized spacial score (nSPS) is 11.4. The quantitative estimate of drug-likeness (QED) is 0.353. The average molecular weight is 494 g/mol. The van der Waals surface area contributed by atoms with Gasteiger partial charge in [-0.1, -0.05) is 23.7 Å². The number of alkyl halides is 3. The largest absolute Gasteiger partial charge is 0.497 e. The van der Waals surface area contributed by atoms with Gasteiger partial charge in [0.15, 0.2) is 6.61 Å². The molecule has 2 aromatic heterocycles. The molecule has 2 heterocycles. The van der Waals surface area contributed by atoms with Crippen molar-refractivity contribution in [3.63, 3.8) is 0 Å². The van der Waals surface area contributed by atoms with Crippen molar-refractivity contribution >= 4 is 44.7 Å². The molecule has 0 aliphatic carbocycles. The molecule has 1 amide bonds. The molecule has 0 spiro atoms. The van der Waals surface area contributed by atoms with Crippen LogP contribution < -0.4 is 14.8 Å². The van der Waals surface area contributed by atoms with Gasteiger partial charge in [-0.3, -0.25) is 4.79 Å². The van der Waals surface area contributed by atoms with Crippen LogP contribution in [0, 0.1) is 0 Å². The molecule has 6 nitrogen and oxygen atoms in total. The number of hydrogen-bond donors (Lipinski definition) is 1. The van der Waals surface area contributed by atoms with Gasteiger partial charge in [0.05, 0.1) is 23.7 Å². The number of nitrogens with zero attached hydrogens (tertiary/aromatic N) is 2. The maximum atomic E-state index is 13.3. The van der Waals surface area contributed by atoms with Crippen LogP contribution in [0.3, 0.4) is 0 Å². The van der Waals surface area contributed by atoms with Crippen LogP contribution in [-0.4, -0.2) is 29.6 Å². The molecule has 2 aromatic carbocycles. The van der Waals surface area contributed by atoms with E-state index in [0.717, 1.165) is 23.3 Å². The molecule has 0 bridgehead atoms. The Morgan fingerprint density at radius 3 is 2.61 bits per heavy atom. The van der Waals surface area contributed by atoms with Gasteiger partial charge in [0.2, 0.25) is 5.88 Å². The van der Waals surface area contributed by atoms with Crippen LogP contribution in [0.2, 0.25) is 5.02 Å². The summed E-state index contributed by atoms with van der Waals surface area (Å²) < 4.78 is 50.5. The number of carbonyl (C=O) groups excluding carboxylic acids is 1. The third-order valence-electron chi connectivity index (χ3n) is 4.64. The highest BCUT2D eigenvalue weighted by atomic mass is 35.5. The van der Waals surface area contributed by atoms with E-state index in [1.807, 2.05) is 17.5 Å². The van der Waals surface area contributed by atoms with E-state index in [4.69, 9.17) is 21.1 Å². The molecule has 170 valence electrons. The SMILES string of the molecule is COc1ccc(-c2csc3ncnc(OCC(=O)Nc4ccc(Cl)cc4C(F)(F)F)c23)cc1. The summed E-state index contributed by atoms with van der Waals surface area (Å²) in [5, 5.41) is 4.61. The molecule has 0 fully saturated rings. The first-order valence-corrected chi connectivity index (χ1v) is 10.7. The van der Waals surface area contributed by atoms with Crippen molar-refractivity contribution in [1.82, 2.24) is 9.97 Å². The maximum absolute atomic E-state index is 13.3. The van der Waals surface area contributed by atoms with Crippen LogP contribution in [0.4, 0.5) is 18.9 Å². The Bertz CT molecular complexity index is 1310. The number of thiophene rings is 1. The first kappa shape index (κ1) is 22.8. The summed E-state index contributed by atoms with van der Waals surface area (Å²) >= 11 is 7.05. The fourth-order valence-corrected chi connectivity index (χ4v) is 4.20. The number of hydrogen-bond acceptors (Lipinski definition) is 6. The number of fused-ring (bicyclic) bond motifs is 1. The molecule has 33 heavy (non-hydrogen) atoms. The van der Waals surface area contributed by atoms with Crippen molar-refractivity contribution < 1.29 is 27.4 Å². The van der Waals surface area contributed by atoms with Crippen LogP contribution in [0.25, 0.3) is 21.3 Å². The third-order valence-corrected chi connectivity index (χ3v) is 5.76. The van der Waals surface area contributed by atoms with Gasteiger partial charge in [0.1, 0.15) is 16.9 Å². The zero-order valence-electron chi connectivity index (χ0n) is 16.9. The second kappa shape index (κ2) is 9.24. The van der Waals surface area contributed by atoms with E-state index < -0.39 is 29.9 Å². The second-order valence-electron chi connectivity index (χ2n) is 6.76. The van der Waals surface area contributed by atoms with Gasteiger partial charge in [-0.25, -0.2) is 9.97 Å². The number of methoxy groups -OCH3 is 1. The molecule has 0 saturated heterocycles. The van der Waals surface area contributed by atoms with E-state index in [9.17, 15) is 18.0 Å². The minimum atomic E-state index is -4.68. The van der Waals surface area contributed by atoms with E-state index in [1.54, 1.807) is 19.2 Å². The predicted octanol–water partition coefficient (Wildman–Crippen LogP) is 6.06. The molecule has 1 N–H and O–H groups in total. The second-order valence-corrected chi connectivity index (χ2v) is 8.06. The Kier molecular flexibility index (Phi) is 6.39. The summed E-state index contributed by atoms with van der Waals surface area (Å²) in [5.41, 5.74) is 0.197. The first-order valence-electron chi connectivity index (χ1n) is 9.42. The van der Waals surface area contributed by atoms with Crippen LogP contribution in [-0.2, 0) is 11.0 Å². The number of rotatable bonds is 6. The Hall–Kier alpha value is -3.37. The molecule has 0 unspecified atom stereocenters. The summed E-state index contributed by atoms with van der Waals surface area (Å²) in [6, 6.07) is 10.4. The molecule has 0 atom stereocenters. The molecule has 4 rings (SSSR count). The van der Waals surface area contributed by atoms with Gasteiger partial charge < -0.3 is 14.8 Å². The van der Waals surface area contributed by atoms with Gasteiger partial charge in [0.25, 0.3) is 5.91 Å². The molecule has 0 saturated carbocycles. The van der Waals surface area contributed by atoms with Crippen molar-refractivity contribution in [2.24, 2.45) is 0 Å². The standard InChI is InChI=1S/C22H15ClF3N3O3S/c1-31-14-5-2-12(3-6-14)15-10-33-21-19(15)20(27-11-28-21)32-9-18(30)29-17-7-4-13(23)8-16(17)22(24,25)26/h2-8,10-11H,9H2,1H3,(H,29,30). The lowest BCUT2D eigenvalue weighted by atomic mass is 10.1. The topological polar surface area (TPSA) is 73.3 Å². The lowest BCUT2D eigenvalue weighted by Crippen LogP contribution is -2.22. The van der Waals surface area contributed by atoms with Gasteiger partial charge in [0, 0.05) is 16.0 Å². The van der Waals surface area contributed by atoms with E-state index in [0.29, 0.717) is 16.0 Å². The summed E-state index contributed by atoms with van der Waals surface area (Å²) in [7, 11) is 1.57. The summed E-state index contributed by atoms with van der Waals surface area (Å²) in [5.74, 6) is 0.0632. The zero-order chi connectivity index (χ0) is 23.6. The van der Waals surface area contributed by atoms with Gasteiger partial charge in [-0.2, -0.15) is 13.2 Å². The third kappa shape index (κ3) is 5.01. The van der Waals surface area contributed by atoms with Crippen molar-refractivity contribution in [3.05, 3.63) is 64.8 Å². The maximum Gasteiger partial charge on any atom is 0.418 e. The zero-order valence-corrected chi connectivity index (χ0v) is 18.5. The van der Waals surface area contributed by atoms with Crippen LogP contribution in [0.15, 0.2) is 54.2 Å². The van der Waals surface area contributed by atoms with Gasteiger partial charge in [-0.05, 0) is 35.9 Å². The number of nitrogens with one attached hydrogen (secondary N) is 1. The Morgan fingerprint density at radius 1 is 1.15 bits per heavy atom. The lowest BCUT2D eigenvalue weighted by Gasteiger charge is -2.14. The van der Waals surface area contributed by atoms with Crippen molar-refractivity contribution in [1.29, 1.82) is 0 Å². The minimum Gasteiger partial charge on any atom is -0.497 e. The van der Waals surface area contributed by atoms with Crippen molar-refractivity contribution in [2.75, 3.05) is 19.0 Å². The summed E-state index contributed by atoms with van der Waals surface area (Å²) in [6.07, 6.45) is -3.39. The average Bonchev–Trinajstić information content (AvgIpc) is 3.23. The van der Waals surface area contributed by atoms with Gasteiger partial charge in [-0.15, -0.1) is 11.3 Å². The molecule has 0 aliphatic rings. The first-order chi connectivity index (χ1) is 15.8. The number of carbonyl (C=O) groups is 1. The van der Waals surface area contributed by atoms with Crippen LogP contribution >= 0.6 is 22.9 Å². The molecule has 11 heteroatoms. The Labute approximate surface area is 195 Å². The highest BCUT2D eigenvalue weighted by Gasteiger charge is 2.34. The highest BCUT2D eigenvalue weighted by Crippen LogP contribution is 2.38. The van der Waals surface area contributed by atoms with E-state index >= 15 is 0 Å². The number of benzene rings is 2. The number of ether oxygens (including phenoxy) is 2. The molecule has 4 aromatic rings. The number of aromatic nitrogens is 2. The molecular weight excluding hydrogens is 479 g/mol. The van der Waals surface area contributed by atoms with Crippen molar-refractivity contribution in [2.45, 2.75) is 6.18 Å².